The van der Waals surface area contributed by atoms with Crippen LogP contribution in [0.15, 0.2) is 48.5 Å². The number of amides is 1. The van der Waals surface area contributed by atoms with Crippen molar-refractivity contribution in [1.82, 2.24) is 0 Å². The highest BCUT2D eigenvalue weighted by Crippen LogP contribution is 2.24. The lowest BCUT2D eigenvalue weighted by atomic mass is 9.99. The van der Waals surface area contributed by atoms with E-state index in [-0.39, 0.29) is 11.8 Å². The molecule has 110 valence electrons. The summed E-state index contributed by atoms with van der Waals surface area (Å²) in [7, 11) is 3.39. The van der Waals surface area contributed by atoms with Crippen molar-refractivity contribution in [1.29, 1.82) is 0 Å². The Morgan fingerprint density at radius 1 is 1.19 bits per heavy atom. The van der Waals surface area contributed by atoms with Gasteiger partial charge in [-0.15, -0.1) is 0 Å². The molecule has 1 amide bonds. The molecule has 0 fully saturated rings. The van der Waals surface area contributed by atoms with Crippen LogP contribution >= 0.6 is 0 Å². The predicted octanol–water partition coefficient (Wildman–Crippen LogP) is 3.04. The SMILES string of the molecule is COc1ccc(N(C)C(=O)C(C)c2cccc(N)c2)cc1. The van der Waals surface area contributed by atoms with E-state index in [1.54, 1.807) is 19.1 Å². The maximum atomic E-state index is 12.6. The maximum Gasteiger partial charge on any atom is 0.233 e. The summed E-state index contributed by atoms with van der Waals surface area (Å²) < 4.78 is 5.12. The number of hydrogen-bond acceptors (Lipinski definition) is 3. The van der Waals surface area contributed by atoms with Crippen molar-refractivity contribution in [3.63, 3.8) is 0 Å². The van der Waals surface area contributed by atoms with Gasteiger partial charge in [0.2, 0.25) is 5.91 Å². The zero-order chi connectivity index (χ0) is 15.4. The number of carbonyl (C=O) groups excluding carboxylic acids is 1. The quantitative estimate of drug-likeness (QED) is 0.878. The monoisotopic (exact) mass is 284 g/mol. The lowest BCUT2D eigenvalue weighted by molar-refractivity contribution is -0.119. The van der Waals surface area contributed by atoms with Crippen LogP contribution in [0.3, 0.4) is 0 Å². The molecule has 2 aromatic carbocycles. The van der Waals surface area contributed by atoms with Gasteiger partial charge < -0.3 is 15.4 Å². The molecule has 21 heavy (non-hydrogen) atoms. The fraction of sp³-hybridized carbons (Fsp3) is 0.235. The molecule has 0 saturated carbocycles. The van der Waals surface area contributed by atoms with Gasteiger partial charge in [0.05, 0.1) is 13.0 Å². The summed E-state index contributed by atoms with van der Waals surface area (Å²) in [5.41, 5.74) is 8.19. The third-order valence-electron chi connectivity index (χ3n) is 3.57. The number of nitrogens with zero attached hydrogens (tertiary/aromatic N) is 1. The molecule has 0 spiro atoms. The maximum absolute atomic E-state index is 12.6. The van der Waals surface area contributed by atoms with Crippen molar-refractivity contribution in [2.75, 3.05) is 24.8 Å². The second kappa shape index (κ2) is 6.31. The largest absolute Gasteiger partial charge is 0.497 e. The normalized spacial score (nSPS) is 11.8. The van der Waals surface area contributed by atoms with E-state index in [9.17, 15) is 4.79 Å². The summed E-state index contributed by atoms with van der Waals surface area (Å²) in [5.74, 6) is 0.537. The van der Waals surface area contributed by atoms with Gasteiger partial charge in [0.15, 0.2) is 0 Å². The lowest BCUT2D eigenvalue weighted by Crippen LogP contribution is -2.30. The minimum atomic E-state index is -0.249. The Kier molecular flexibility index (Phi) is 4.48. The number of ether oxygens (including phenoxy) is 1. The number of likely N-dealkylation sites (N-methyl/N-ethyl adjacent to an activating group) is 1. The van der Waals surface area contributed by atoms with Gasteiger partial charge >= 0.3 is 0 Å². The molecule has 4 nitrogen and oxygen atoms in total. The molecule has 0 heterocycles. The van der Waals surface area contributed by atoms with Crippen molar-refractivity contribution >= 4 is 17.3 Å². The molecule has 0 aliphatic rings. The van der Waals surface area contributed by atoms with Crippen LogP contribution in [-0.2, 0) is 4.79 Å². The van der Waals surface area contributed by atoms with E-state index in [0.29, 0.717) is 5.69 Å². The first-order valence-electron chi connectivity index (χ1n) is 6.80. The molecule has 1 atom stereocenters. The number of benzene rings is 2. The van der Waals surface area contributed by atoms with Crippen LogP contribution in [0, 0.1) is 0 Å². The Morgan fingerprint density at radius 3 is 2.43 bits per heavy atom. The smallest absolute Gasteiger partial charge is 0.233 e. The van der Waals surface area contributed by atoms with Gasteiger partial charge in [0.1, 0.15) is 5.75 Å². The number of anilines is 2. The first-order chi connectivity index (χ1) is 10.0. The highest BCUT2D eigenvalue weighted by molar-refractivity contribution is 5.97. The minimum Gasteiger partial charge on any atom is -0.497 e. The van der Waals surface area contributed by atoms with Gasteiger partial charge in [-0.25, -0.2) is 0 Å². The number of rotatable bonds is 4. The third kappa shape index (κ3) is 3.34. The number of methoxy groups -OCH3 is 1. The average molecular weight is 284 g/mol. The number of nitrogens with two attached hydrogens (primary N) is 1. The molecule has 0 radical (unpaired) electrons. The highest BCUT2D eigenvalue weighted by Gasteiger charge is 2.20. The van der Waals surface area contributed by atoms with E-state index in [2.05, 4.69) is 0 Å². The Hall–Kier alpha value is -2.49. The number of carbonyl (C=O) groups is 1. The van der Waals surface area contributed by atoms with Crippen molar-refractivity contribution in [3.8, 4) is 5.75 Å². The van der Waals surface area contributed by atoms with Crippen molar-refractivity contribution < 1.29 is 9.53 Å². The molecule has 2 rings (SSSR count). The lowest BCUT2D eigenvalue weighted by Gasteiger charge is -2.22. The van der Waals surface area contributed by atoms with Crippen LogP contribution in [0.2, 0.25) is 0 Å². The van der Waals surface area contributed by atoms with E-state index < -0.39 is 0 Å². The molecular formula is C17H20N2O2. The van der Waals surface area contributed by atoms with Crippen molar-refractivity contribution in [3.05, 3.63) is 54.1 Å². The number of hydrogen-bond donors (Lipinski definition) is 1. The van der Waals surface area contributed by atoms with Crippen LogP contribution in [0.4, 0.5) is 11.4 Å². The summed E-state index contributed by atoms with van der Waals surface area (Å²) in [5, 5.41) is 0. The summed E-state index contributed by atoms with van der Waals surface area (Å²) in [6.07, 6.45) is 0. The molecule has 2 aromatic rings. The summed E-state index contributed by atoms with van der Waals surface area (Å²) >= 11 is 0. The molecule has 0 aliphatic carbocycles. The summed E-state index contributed by atoms with van der Waals surface area (Å²) in [6.45, 7) is 1.89. The Labute approximate surface area is 125 Å². The second-order valence-electron chi connectivity index (χ2n) is 4.99. The van der Waals surface area contributed by atoms with Crippen LogP contribution < -0.4 is 15.4 Å². The van der Waals surface area contributed by atoms with Gasteiger partial charge in [-0.2, -0.15) is 0 Å². The highest BCUT2D eigenvalue weighted by atomic mass is 16.5. The Bertz CT molecular complexity index is 623. The number of nitrogen functional groups attached to an aromatic ring is 1. The van der Waals surface area contributed by atoms with Crippen LogP contribution in [-0.4, -0.2) is 20.1 Å². The summed E-state index contributed by atoms with van der Waals surface area (Å²) in [4.78, 5) is 14.2. The fourth-order valence-corrected chi connectivity index (χ4v) is 2.19. The molecule has 1 unspecified atom stereocenters. The average Bonchev–Trinajstić information content (AvgIpc) is 2.53. The second-order valence-corrected chi connectivity index (χ2v) is 4.99. The van der Waals surface area contributed by atoms with Crippen LogP contribution in [0.5, 0.6) is 5.75 Å². The fourth-order valence-electron chi connectivity index (χ4n) is 2.19. The standard InChI is InChI=1S/C17H20N2O2/c1-12(13-5-4-6-14(18)11-13)17(20)19(2)15-7-9-16(21-3)10-8-15/h4-12H,18H2,1-3H3. The van der Waals surface area contributed by atoms with Gasteiger partial charge in [0.25, 0.3) is 0 Å². The zero-order valence-corrected chi connectivity index (χ0v) is 12.5. The molecule has 0 aromatic heterocycles. The van der Waals surface area contributed by atoms with Gasteiger partial charge in [-0.05, 0) is 48.9 Å². The van der Waals surface area contributed by atoms with E-state index in [0.717, 1.165) is 17.0 Å². The molecule has 2 N–H and O–H groups in total. The Morgan fingerprint density at radius 2 is 1.86 bits per heavy atom. The van der Waals surface area contributed by atoms with Crippen molar-refractivity contribution in [2.24, 2.45) is 0 Å². The first kappa shape index (κ1) is 14.9. The first-order valence-corrected chi connectivity index (χ1v) is 6.80. The predicted molar refractivity (Wildman–Crippen MR) is 85.7 cm³/mol. The molecule has 0 aliphatic heterocycles. The van der Waals surface area contributed by atoms with Crippen LogP contribution in [0.1, 0.15) is 18.4 Å². The molecule has 4 heteroatoms. The van der Waals surface area contributed by atoms with Gasteiger partial charge in [-0.3, -0.25) is 4.79 Å². The van der Waals surface area contributed by atoms with E-state index in [1.807, 2.05) is 55.5 Å². The molecule has 0 bridgehead atoms. The minimum absolute atomic E-state index is 0.0192. The Balaban J connectivity index is 2.17. The zero-order valence-electron chi connectivity index (χ0n) is 12.5. The molecular weight excluding hydrogens is 264 g/mol. The molecule has 0 saturated heterocycles. The van der Waals surface area contributed by atoms with E-state index >= 15 is 0 Å². The summed E-state index contributed by atoms with van der Waals surface area (Å²) in [6, 6.07) is 14.8. The third-order valence-corrected chi connectivity index (χ3v) is 3.57. The topological polar surface area (TPSA) is 55.6 Å². The van der Waals surface area contributed by atoms with Gasteiger partial charge in [-0.1, -0.05) is 12.1 Å². The van der Waals surface area contributed by atoms with E-state index in [4.69, 9.17) is 10.5 Å². The van der Waals surface area contributed by atoms with Crippen LogP contribution in [0.25, 0.3) is 0 Å². The van der Waals surface area contributed by atoms with E-state index in [1.165, 1.54) is 0 Å². The van der Waals surface area contributed by atoms with Crippen molar-refractivity contribution in [2.45, 2.75) is 12.8 Å². The van der Waals surface area contributed by atoms with Gasteiger partial charge in [0, 0.05) is 18.4 Å².